The Morgan fingerprint density at radius 1 is 1.29 bits per heavy atom. The van der Waals surface area contributed by atoms with E-state index in [9.17, 15) is 21.6 Å². The molecule has 5 nitrogen and oxygen atoms in total. The van der Waals surface area contributed by atoms with Crippen LogP contribution in [0.4, 0.5) is 13.2 Å². The van der Waals surface area contributed by atoms with E-state index in [-0.39, 0.29) is 18.0 Å². The molecule has 21 heavy (non-hydrogen) atoms. The fourth-order valence-corrected chi connectivity index (χ4v) is 3.45. The second-order valence-corrected chi connectivity index (χ2v) is 6.76. The molecule has 10 heteroatoms. The summed E-state index contributed by atoms with van der Waals surface area (Å²) in [5.74, 6) is 0. The molecule has 1 aromatic rings. The number of alkyl halides is 3. The molecule has 0 N–H and O–H groups in total. The highest BCUT2D eigenvalue weighted by Gasteiger charge is 2.28. The normalized spacial score (nSPS) is 12.9. The second kappa shape index (κ2) is 6.97. The lowest BCUT2D eigenvalue weighted by atomic mass is 10.2. The van der Waals surface area contributed by atoms with Gasteiger partial charge in [-0.25, -0.2) is 8.42 Å². The first-order valence-electron chi connectivity index (χ1n) is 6.27. The van der Waals surface area contributed by atoms with E-state index in [1.807, 2.05) is 0 Å². The van der Waals surface area contributed by atoms with E-state index in [0.29, 0.717) is 24.2 Å². The summed E-state index contributed by atoms with van der Waals surface area (Å²) in [4.78, 5) is -0.0509. The topological polar surface area (TPSA) is 61.2 Å². The van der Waals surface area contributed by atoms with Crippen molar-refractivity contribution in [3.8, 4) is 0 Å². The van der Waals surface area contributed by atoms with Crippen molar-refractivity contribution in [1.82, 2.24) is 9.78 Å². The Bertz CT molecular complexity index is 584. The largest absolute Gasteiger partial charge is 0.411 e. The van der Waals surface area contributed by atoms with Gasteiger partial charge in [0.1, 0.15) is 11.5 Å². The molecule has 0 aliphatic heterocycles. The summed E-state index contributed by atoms with van der Waals surface area (Å²) in [5, 5.41) is 4.09. The van der Waals surface area contributed by atoms with Crippen LogP contribution in [0.15, 0.2) is 4.90 Å². The fraction of sp³-hybridized carbons (Fsp3) is 0.727. The second-order valence-electron chi connectivity index (χ2n) is 4.26. The number of rotatable bonds is 7. The number of hydrogen-bond acceptors (Lipinski definition) is 4. The number of hydrogen-bond donors (Lipinski definition) is 0. The molecule has 0 unspecified atom stereocenters. The lowest BCUT2D eigenvalue weighted by Crippen LogP contribution is -2.19. The summed E-state index contributed by atoms with van der Waals surface area (Å²) in [6.07, 6.45) is -3.70. The number of nitrogens with zero attached hydrogens (tertiary/aromatic N) is 2. The molecule has 0 radical (unpaired) electrons. The third-order valence-corrected chi connectivity index (χ3v) is 4.13. The first-order chi connectivity index (χ1) is 9.60. The zero-order valence-corrected chi connectivity index (χ0v) is 13.1. The van der Waals surface area contributed by atoms with Crippen molar-refractivity contribution >= 4 is 19.7 Å². The Kier molecular flexibility index (Phi) is 6.06. The minimum atomic E-state index is -4.39. The quantitative estimate of drug-likeness (QED) is 0.561. The highest BCUT2D eigenvalue weighted by molar-refractivity contribution is 8.13. The van der Waals surface area contributed by atoms with Crippen molar-refractivity contribution in [1.29, 1.82) is 0 Å². The van der Waals surface area contributed by atoms with Crippen LogP contribution in [0.1, 0.15) is 25.2 Å². The summed E-state index contributed by atoms with van der Waals surface area (Å²) in [7, 11) is 1.45. The predicted molar refractivity (Wildman–Crippen MR) is 70.9 cm³/mol. The van der Waals surface area contributed by atoms with Crippen LogP contribution in [0.5, 0.6) is 0 Å². The van der Waals surface area contributed by atoms with Crippen molar-refractivity contribution in [3.63, 3.8) is 0 Å². The maximum Gasteiger partial charge on any atom is 0.411 e. The molecule has 1 rings (SSSR count). The van der Waals surface area contributed by atoms with Gasteiger partial charge in [0, 0.05) is 10.7 Å². The highest BCUT2D eigenvalue weighted by Crippen LogP contribution is 2.25. The molecular formula is C11H16ClF3N2O3S. The Balaban J connectivity index is 2.91. The van der Waals surface area contributed by atoms with E-state index in [2.05, 4.69) is 9.84 Å². The Labute approximate surface area is 125 Å². The smallest absolute Gasteiger partial charge is 0.370 e. The van der Waals surface area contributed by atoms with Gasteiger partial charge in [0.15, 0.2) is 0 Å². The van der Waals surface area contributed by atoms with Crippen molar-refractivity contribution in [2.24, 2.45) is 0 Å². The van der Waals surface area contributed by atoms with Crippen LogP contribution in [0, 0.1) is 0 Å². The number of aromatic nitrogens is 2. The van der Waals surface area contributed by atoms with Gasteiger partial charge in [0.05, 0.1) is 24.5 Å². The van der Waals surface area contributed by atoms with E-state index < -0.39 is 21.8 Å². The summed E-state index contributed by atoms with van der Waals surface area (Å²) in [6.45, 7) is 1.89. The van der Waals surface area contributed by atoms with Crippen LogP contribution in [0.3, 0.4) is 0 Å². The van der Waals surface area contributed by atoms with Gasteiger partial charge in [0.2, 0.25) is 0 Å². The van der Waals surface area contributed by atoms with Gasteiger partial charge >= 0.3 is 6.18 Å². The van der Waals surface area contributed by atoms with Crippen molar-refractivity contribution in [2.75, 3.05) is 13.2 Å². The lowest BCUT2D eigenvalue weighted by Gasteiger charge is -2.09. The summed E-state index contributed by atoms with van der Waals surface area (Å²) in [6, 6.07) is 0. The summed E-state index contributed by atoms with van der Waals surface area (Å²) < 4.78 is 64.9. The highest BCUT2D eigenvalue weighted by atomic mass is 35.7. The molecule has 0 bridgehead atoms. The molecule has 0 amide bonds. The Hall–Kier alpha value is -0.800. The van der Waals surface area contributed by atoms with E-state index in [1.165, 1.54) is 4.68 Å². The fourth-order valence-electron chi connectivity index (χ4n) is 1.91. The zero-order chi connectivity index (χ0) is 16.3. The minimum Gasteiger partial charge on any atom is -0.370 e. The van der Waals surface area contributed by atoms with Crippen LogP contribution >= 0.6 is 10.7 Å². The van der Waals surface area contributed by atoms with Crippen LogP contribution in [0.2, 0.25) is 0 Å². The van der Waals surface area contributed by atoms with Crippen LogP contribution < -0.4 is 0 Å². The monoisotopic (exact) mass is 348 g/mol. The van der Waals surface area contributed by atoms with Crippen molar-refractivity contribution in [2.45, 2.75) is 44.3 Å². The molecule has 0 atom stereocenters. The van der Waals surface area contributed by atoms with Crippen LogP contribution in [-0.4, -0.2) is 37.6 Å². The molecule has 0 aromatic carbocycles. The van der Waals surface area contributed by atoms with Crippen molar-refractivity contribution < 1.29 is 26.3 Å². The van der Waals surface area contributed by atoms with Crippen molar-refractivity contribution in [3.05, 3.63) is 11.4 Å². The Morgan fingerprint density at radius 2 is 1.90 bits per heavy atom. The van der Waals surface area contributed by atoms with E-state index >= 15 is 0 Å². The third-order valence-electron chi connectivity index (χ3n) is 2.70. The van der Waals surface area contributed by atoms with Gasteiger partial charge in [0.25, 0.3) is 9.05 Å². The number of halogens is 4. The summed E-state index contributed by atoms with van der Waals surface area (Å²) in [5.41, 5.74) is 0.676. The molecule has 1 aromatic heterocycles. The van der Waals surface area contributed by atoms with E-state index in [1.54, 1.807) is 13.8 Å². The minimum absolute atomic E-state index is 0.0265. The van der Waals surface area contributed by atoms with Gasteiger partial charge < -0.3 is 4.74 Å². The molecule has 0 saturated carbocycles. The maximum atomic E-state index is 12.0. The molecule has 0 saturated heterocycles. The first kappa shape index (κ1) is 18.2. The van der Waals surface area contributed by atoms with Gasteiger partial charge in [-0.05, 0) is 12.8 Å². The Morgan fingerprint density at radius 3 is 2.33 bits per heavy atom. The van der Waals surface area contributed by atoms with Crippen LogP contribution in [-0.2, 0) is 33.2 Å². The molecular weight excluding hydrogens is 333 g/mol. The molecule has 0 spiro atoms. The molecule has 1 heterocycles. The average molecular weight is 349 g/mol. The zero-order valence-electron chi connectivity index (χ0n) is 11.6. The van der Waals surface area contributed by atoms with Gasteiger partial charge in [-0.15, -0.1) is 0 Å². The van der Waals surface area contributed by atoms with Gasteiger partial charge in [-0.2, -0.15) is 18.3 Å². The molecule has 0 fully saturated rings. The lowest BCUT2D eigenvalue weighted by molar-refractivity contribution is -0.174. The van der Waals surface area contributed by atoms with Gasteiger partial charge in [-0.1, -0.05) is 13.8 Å². The molecule has 122 valence electrons. The summed E-state index contributed by atoms with van der Waals surface area (Å²) >= 11 is 0. The standard InChI is InChI=1S/C11H16ClF3N2O3S/c1-3-8-10(21(12,18)19)9(4-2)17(16-8)5-6-20-7-11(13,14)15/h3-7H2,1-2H3. The number of aryl methyl sites for hydroxylation is 1. The molecule has 0 aliphatic carbocycles. The molecule has 0 aliphatic rings. The first-order valence-corrected chi connectivity index (χ1v) is 8.58. The van der Waals surface area contributed by atoms with E-state index in [0.717, 1.165) is 0 Å². The van der Waals surface area contributed by atoms with E-state index in [4.69, 9.17) is 10.7 Å². The third kappa shape index (κ3) is 5.15. The van der Waals surface area contributed by atoms with Crippen LogP contribution in [0.25, 0.3) is 0 Å². The average Bonchev–Trinajstić information content (AvgIpc) is 2.71. The SMILES string of the molecule is CCc1nn(CCOCC(F)(F)F)c(CC)c1S(=O)(=O)Cl. The predicted octanol–water partition coefficient (Wildman–Crippen LogP) is 2.51. The maximum absolute atomic E-state index is 12.0. The van der Waals surface area contributed by atoms with Gasteiger partial charge in [-0.3, -0.25) is 4.68 Å². The number of ether oxygens (including phenoxy) is 1.